The maximum absolute atomic E-state index is 5.74. The Kier molecular flexibility index (Phi) is 6.78. The summed E-state index contributed by atoms with van der Waals surface area (Å²) in [6.07, 6.45) is 9.20. The Bertz CT molecular complexity index is 182. The van der Waals surface area contributed by atoms with Crippen molar-refractivity contribution in [2.45, 2.75) is 52.4 Å². The van der Waals surface area contributed by atoms with E-state index in [0.717, 1.165) is 32.5 Å². The number of hydrogen-bond acceptors (Lipinski definition) is 2. The van der Waals surface area contributed by atoms with Crippen LogP contribution in [0, 0.1) is 0 Å². The molecular weight excluding hydrogens is 187 g/mol. The van der Waals surface area contributed by atoms with Gasteiger partial charge >= 0.3 is 7.12 Å². The molecule has 0 heterocycles. The third-order valence-corrected chi connectivity index (χ3v) is 2.68. The summed E-state index contributed by atoms with van der Waals surface area (Å²) in [5.41, 5.74) is 1.35. The molecule has 0 atom stereocenters. The highest BCUT2D eigenvalue weighted by Crippen LogP contribution is 2.22. The van der Waals surface area contributed by atoms with Gasteiger partial charge in [-0.25, -0.2) is 0 Å². The fourth-order valence-electron chi connectivity index (χ4n) is 1.46. The number of hydrogen-bond donors (Lipinski definition) is 0. The summed E-state index contributed by atoms with van der Waals surface area (Å²) in [6.45, 7) is 6.01. The Labute approximate surface area is 94.2 Å². The zero-order valence-electron chi connectivity index (χ0n) is 10.1. The summed E-state index contributed by atoms with van der Waals surface area (Å²) < 4.78 is 11.5. The first-order chi connectivity index (χ1) is 7.38. The minimum Gasteiger partial charge on any atom is -0.407 e. The van der Waals surface area contributed by atoms with Crippen LogP contribution >= 0.6 is 0 Å². The Hall–Kier alpha value is -0.275. The van der Waals surface area contributed by atoms with E-state index in [1.165, 1.54) is 24.7 Å². The fourth-order valence-corrected chi connectivity index (χ4v) is 1.46. The van der Waals surface area contributed by atoms with Crippen molar-refractivity contribution in [2.75, 3.05) is 13.2 Å². The van der Waals surface area contributed by atoms with Gasteiger partial charge in [0.15, 0.2) is 0 Å². The zero-order valence-corrected chi connectivity index (χ0v) is 10.1. The normalized spacial score (nSPS) is 14.7. The molecule has 0 aromatic carbocycles. The molecule has 1 rings (SSSR count). The van der Waals surface area contributed by atoms with Gasteiger partial charge in [0.05, 0.1) is 0 Å². The molecule has 0 aromatic heterocycles. The maximum atomic E-state index is 5.74. The topological polar surface area (TPSA) is 18.5 Å². The minimum absolute atomic E-state index is 0.0446. The third kappa shape index (κ3) is 4.85. The van der Waals surface area contributed by atoms with Crippen LogP contribution in [0.25, 0.3) is 0 Å². The summed E-state index contributed by atoms with van der Waals surface area (Å²) in [4.78, 5) is 0. The molecule has 0 aromatic rings. The molecular formula is C12H23BO2. The molecule has 0 saturated carbocycles. The third-order valence-electron chi connectivity index (χ3n) is 2.68. The lowest BCUT2D eigenvalue weighted by atomic mass is 9.69. The van der Waals surface area contributed by atoms with E-state index in [1.54, 1.807) is 0 Å². The van der Waals surface area contributed by atoms with Crippen LogP contribution in [0.2, 0.25) is 0 Å². The van der Waals surface area contributed by atoms with E-state index in [9.17, 15) is 0 Å². The summed E-state index contributed by atoms with van der Waals surface area (Å²) >= 11 is 0. The molecule has 0 unspecified atom stereocenters. The number of unbranched alkanes of at least 4 members (excludes halogenated alkanes) is 2. The van der Waals surface area contributed by atoms with Crippen LogP contribution in [0.1, 0.15) is 52.4 Å². The summed E-state index contributed by atoms with van der Waals surface area (Å²) in [5.74, 6) is 0. The molecule has 1 aliphatic rings. The van der Waals surface area contributed by atoms with E-state index < -0.39 is 0 Å². The second-order valence-electron chi connectivity index (χ2n) is 4.10. The molecule has 1 aliphatic carbocycles. The van der Waals surface area contributed by atoms with Crippen LogP contribution in [0.4, 0.5) is 0 Å². The molecule has 86 valence electrons. The summed E-state index contributed by atoms with van der Waals surface area (Å²) in [5, 5.41) is 0. The Morgan fingerprint density at radius 1 is 1.13 bits per heavy atom. The lowest BCUT2D eigenvalue weighted by molar-refractivity contribution is 0.196. The standard InChI is InChI=1S/C12H23BO2/c1-3-5-10-14-13(12-8-7-9-12)15-11-6-4-2/h8H,3-7,9-11H2,1-2H3. The predicted octanol–water partition coefficient (Wildman–Crippen LogP) is 3.37. The van der Waals surface area contributed by atoms with Gasteiger partial charge in [-0.1, -0.05) is 32.8 Å². The lowest BCUT2D eigenvalue weighted by Gasteiger charge is -2.21. The smallest absolute Gasteiger partial charge is 0.407 e. The van der Waals surface area contributed by atoms with Gasteiger partial charge in [-0.2, -0.15) is 0 Å². The summed E-state index contributed by atoms with van der Waals surface area (Å²) in [6, 6.07) is 0. The summed E-state index contributed by atoms with van der Waals surface area (Å²) in [7, 11) is -0.0446. The average molecular weight is 210 g/mol. The Morgan fingerprint density at radius 3 is 2.00 bits per heavy atom. The van der Waals surface area contributed by atoms with E-state index in [4.69, 9.17) is 9.31 Å². The maximum Gasteiger partial charge on any atom is 0.489 e. The van der Waals surface area contributed by atoms with Crippen molar-refractivity contribution in [3.8, 4) is 0 Å². The average Bonchev–Trinajstić information content (AvgIpc) is 2.15. The monoisotopic (exact) mass is 210 g/mol. The van der Waals surface area contributed by atoms with E-state index >= 15 is 0 Å². The van der Waals surface area contributed by atoms with Gasteiger partial charge < -0.3 is 9.31 Å². The Morgan fingerprint density at radius 2 is 1.67 bits per heavy atom. The van der Waals surface area contributed by atoms with E-state index in [0.29, 0.717) is 0 Å². The van der Waals surface area contributed by atoms with Gasteiger partial charge in [0.1, 0.15) is 0 Å². The van der Waals surface area contributed by atoms with Crippen molar-refractivity contribution >= 4 is 7.12 Å². The first-order valence-corrected chi connectivity index (χ1v) is 6.30. The molecule has 0 saturated heterocycles. The molecule has 0 radical (unpaired) electrons. The predicted molar refractivity (Wildman–Crippen MR) is 64.8 cm³/mol. The number of allylic oxidation sites excluding steroid dienone is 2. The van der Waals surface area contributed by atoms with Crippen LogP contribution in [-0.2, 0) is 9.31 Å². The molecule has 0 N–H and O–H groups in total. The second kappa shape index (κ2) is 7.94. The van der Waals surface area contributed by atoms with Gasteiger partial charge in [-0.15, -0.1) is 0 Å². The SMILES string of the molecule is CCCCOB(OCCCC)C1=CCC1. The quantitative estimate of drug-likeness (QED) is 0.429. The highest BCUT2D eigenvalue weighted by atomic mass is 16.6. The van der Waals surface area contributed by atoms with E-state index in [1.807, 2.05) is 0 Å². The van der Waals surface area contributed by atoms with Crippen molar-refractivity contribution in [2.24, 2.45) is 0 Å². The fraction of sp³-hybridized carbons (Fsp3) is 0.833. The molecule has 0 aliphatic heterocycles. The molecule has 15 heavy (non-hydrogen) atoms. The van der Waals surface area contributed by atoms with Crippen molar-refractivity contribution in [3.05, 3.63) is 11.5 Å². The first kappa shape index (κ1) is 12.8. The van der Waals surface area contributed by atoms with Crippen LogP contribution in [0.15, 0.2) is 11.5 Å². The largest absolute Gasteiger partial charge is 0.489 e. The lowest BCUT2D eigenvalue weighted by Crippen LogP contribution is -2.29. The van der Waals surface area contributed by atoms with Gasteiger partial charge in [-0.3, -0.25) is 0 Å². The van der Waals surface area contributed by atoms with Gasteiger partial charge in [0, 0.05) is 13.2 Å². The molecule has 2 nitrogen and oxygen atoms in total. The van der Waals surface area contributed by atoms with Crippen LogP contribution in [0.3, 0.4) is 0 Å². The van der Waals surface area contributed by atoms with Crippen molar-refractivity contribution in [3.63, 3.8) is 0 Å². The number of rotatable bonds is 9. The Balaban J connectivity index is 2.19. The van der Waals surface area contributed by atoms with Crippen LogP contribution in [0.5, 0.6) is 0 Å². The molecule has 0 amide bonds. The highest BCUT2D eigenvalue weighted by molar-refractivity contribution is 6.54. The molecule has 0 spiro atoms. The van der Waals surface area contributed by atoms with Crippen LogP contribution in [-0.4, -0.2) is 20.3 Å². The van der Waals surface area contributed by atoms with E-state index in [-0.39, 0.29) is 7.12 Å². The first-order valence-electron chi connectivity index (χ1n) is 6.30. The van der Waals surface area contributed by atoms with Gasteiger partial charge in [-0.05, 0) is 31.2 Å². The molecule has 3 heteroatoms. The second-order valence-corrected chi connectivity index (χ2v) is 4.10. The van der Waals surface area contributed by atoms with Crippen LogP contribution < -0.4 is 0 Å². The van der Waals surface area contributed by atoms with Gasteiger partial charge in [0.25, 0.3) is 0 Å². The highest BCUT2D eigenvalue weighted by Gasteiger charge is 2.26. The zero-order chi connectivity index (χ0) is 10.9. The van der Waals surface area contributed by atoms with E-state index in [2.05, 4.69) is 19.9 Å². The van der Waals surface area contributed by atoms with Crippen molar-refractivity contribution < 1.29 is 9.31 Å². The van der Waals surface area contributed by atoms with Crippen molar-refractivity contribution in [1.82, 2.24) is 0 Å². The molecule has 0 bridgehead atoms. The minimum atomic E-state index is -0.0446. The van der Waals surface area contributed by atoms with Gasteiger partial charge in [0.2, 0.25) is 0 Å². The van der Waals surface area contributed by atoms with Crippen molar-refractivity contribution in [1.29, 1.82) is 0 Å². The molecule has 0 fully saturated rings.